The fraction of sp³-hybridized carbons (Fsp3) is 0.250. The number of hydrazone groups is 1. The van der Waals surface area contributed by atoms with Crippen LogP contribution in [0.1, 0.15) is 48.4 Å². The molecule has 2 heterocycles. The van der Waals surface area contributed by atoms with E-state index in [1.54, 1.807) is 6.92 Å². The number of nitrogen functional groups attached to an aromatic ring is 1. The lowest BCUT2D eigenvalue weighted by atomic mass is 10.1. The molecule has 10 nitrogen and oxygen atoms in total. The fourth-order valence-electron chi connectivity index (χ4n) is 2.43. The maximum atomic E-state index is 12.6. The van der Waals surface area contributed by atoms with Gasteiger partial charge in [0.05, 0.1) is 11.4 Å². The summed E-state index contributed by atoms with van der Waals surface area (Å²) in [6.45, 7) is 5.58. The molecule has 3 aromatic rings. The van der Waals surface area contributed by atoms with E-state index < -0.39 is 5.91 Å². The van der Waals surface area contributed by atoms with Gasteiger partial charge in [0.1, 0.15) is 0 Å². The molecule has 1 amide bonds. The number of nitrogens with one attached hydrogen (secondary N) is 1. The monoisotopic (exact) mass is 432 g/mol. The van der Waals surface area contributed by atoms with E-state index in [0.717, 1.165) is 10.0 Å². The van der Waals surface area contributed by atoms with Gasteiger partial charge in [-0.25, -0.2) is 10.1 Å². The molecule has 0 bridgehead atoms. The van der Waals surface area contributed by atoms with Crippen LogP contribution in [0.4, 0.5) is 5.82 Å². The third kappa shape index (κ3) is 3.87. The first-order chi connectivity index (χ1) is 12.9. The van der Waals surface area contributed by atoms with Crippen LogP contribution in [0.25, 0.3) is 5.82 Å². The summed E-state index contributed by atoms with van der Waals surface area (Å²) in [6, 6.07) is 7.60. The van der Waals surface area contributed by atoms with Crippen LogP contribution in [0.15, 0.2) is 38.5 Å². The summed E-state index contributed by atoms with van der Waals surface area (Å²) in [7, 11) is 0. The van der Waals surface area contributed by atoms with Crippen molar-refractivity contribution in [1.82, 2.24) is 30.7 Å². The zero-order valence-corrected chi connectivity index (χ0v) is 16.4. The predicted molar refractivity (Wildman–Crippen MR) is 102 cm³/mol. The van der Waals surface area contributed by atoms with E-state index in [9.17, 15) is 4.79 Å². The number of aromatic nitrogens is 5. The fourth-order valence-corrected chi connectivity index (χ4v) is 2.83. The van der Waals surface area contributed by atoms with Gasteiger partial charge in [-0.1, -0.05) is 47.1 Å². The van der Waals surface area contributed by atoms with Crippen LogP contribution >= 0.6 is 15.9 Å². The molecule has 3 rings (SSSR count). The normalized spacial score (nSPS) is 11.8. The average Bonchev–Trinajstić information content (AvgIpc) is 3.25. The molecule has 0 unspecified atom stereocenters. The topological polar surface area (TPSA) is 137 Å². The summed E-state index contributed by atoms with van der Waals surface area (Å²) in [6.07, 6.45) is 0. The quantitative estimate of drug-likeness (QED) is 0.465. The van der Waals surface area contributed by atoms with Crippen LogP contribution in [0, 0.1) is 0 Å². The van der Waals surface area contributed by atoms with Crippen molar-refractivity contribution in [3.63, 3.8) is 0 Å². The van der Waals surface area contributed by atoms with Crippen molar-refractivity contribution in [2.45, 2.75) is 26.7 Å². The zero-order valence-electron chi connectivity index (χ0n) is 14.8. The number of anilines is 1. The third-order valence-electron chi connectivity index (χ3n) is 3.73. The molecule has 0 atom stereocenters. The Morgan fingerprint density at radius 2 is 2.15 bits per heavy atom. The van der Waals surface area contributed by atoms with E-state index in [1.807, 2.05) is 38.1 Å². The number of carbonyl (C=O) groups is 1. The summed E-state index contributed by atoms with van der Waals surface area (Å²) in [5, 5.41) is 19.3. The maximum absolute atomic E-state index is 12.6. The van der Waals surface area contributed by atoms with E-state index in [4.69, 9.17) is 5.73 Å². The van der Waals surface area contributed by atoms with Gasteiger partial charge in [-0.3, -0.25) is 4.79 Å². The summed E-state index contributed by atoms with van der Waals surface area (Å²) in [4.78, 5) is 12.6. The first kappa shape index (κ1) is 18.7. The van der Waals surface area contributed by atoms with Gasteiger partial charge in [0.2, 0.25) is 11.6 Å². The van der Waals surface area contributed by atoms with Crippen molar-refractivity contribution >= 4 is 33.4 Å². The lowest BCUT2D eigenvalue weighted by Gasteiger charge is -2.08. The van der Waals surface area contributed by atoms with Crippen molar-refractivity contribution in [1.29, 1.82) is 0 Å². The Bertz CT molecular complexity index is 1010. The van der Waals surface area contributed by atoms with Crippen LogP contribution in [-0.4, -0.2) is 36.9 Å². The Hall–Kier alpha value is -3.08. The number of benzene rings is 1. The highest BCUT2D eigenvalue weighted by Crippen LogP contribution is 2.22. The summed E-state index contributed by atoms with van der Waals surface area (Å²) < 4.78 is 6.87. The lowest BCUT2D eigenvalue weighted by molar-refractivity contribution is 0.0948. The van der Waals surface area contributed by atoms with Crippen LogP contribution in [-0.2, 0) is 0 Å². The predicted octanol–water partition coefficient (Wildman–Crippen LogP) is 2.27. The molecular formula is C16H17BrN8O2. The molecule has 11 heteroatoms. The van der Waals surface area contributed by atoms with Gasteiger partial charge < -0.3 is 5.73 Å². The van der Waals surface area contributed by atoms with Crippen molar-refractivity contribution in [2.24, 2.45) is 5.10 Å². The molecule has 3 N–H and O–H groups in total. The van der Waals surface area contributed by atoms with Crippen LogP contribution in [0.5, 0.6) is 0 Å². The number of carbonyl (C=O) groups excluding carboxylic acids is 1. The minimum atomic E-state index is -0.491. The molecule has 140 valence electrons. The van der Waals surface area contributed by atoms with Gasteiger partial charge in [0.15, 0.2) is 5.69 Å². The summed E-state index contributed by atoms with van der Waals surface area (Å²) in [5.74, 6) is -0.349. The minimum absolute atomic E-state index is 0.0530. The average molecular weight is 433 g/mol. The van der Waals surface area contributed by atoms with Gasteiger partial charge in [-0.15, -0.1) is 5.10 Å². The first-order valence-corrected chi connectivity index (χ1v) is 8.82. The van der Waals surface area contributed by atoms with Crippen molar-refractivity contribution in [3.05, 3.63) is 45.7 Å². The number of nitrogens with two attached hydrogens (primary N) is 1. The van der Waals surface area contributed by atoms with Crippen LogP contribution in [0.2, 0.25) is 0 Å². The van der Waals surface area contributed by atoms with Gasteiger partial charge >= 0.3 is 0 Å². The van der Waals surface area contributed by atoms with E-state index in [-0.39, 0.29) is 23.2 Å². The van der Waals surface area contributed by atoms with Gasteiger partial charge in [-0.2, -0.15) is 9.78 Å². The molecule has 1 aromatic carbocycles. The smallest absolute Gasteiger partial charge is 0.293 e. The summed E-state index contributed by atoms with van der Waals surface area (Å²) in [5.41, 5.74) is 10.4. The number of hydrogen-bond donors (Lipinski definition) is 2. The summed E-state index contributed by atoms with van der Waals surface area (Å²) >= 11 is 3.41. The standard InChI is InChI=1S/C16H17BrN8O2/c1-8(2)13-12(20-24-25(13)15-14(18)22-27-23-15)16(26)21-19-9(3)10-5-4-6-11(17)7-10/h4-8H,1-3H3,(H2,18,22)(H,21,26)/b19-9+. The Morgan fingerprint density at radius 3 is 2.78 bits per heavy atom. The molecule has 0 aliphatic carbocycles. The first-order valence-electron chi connectivity index (χ1n) is 8.03. The van der Waals surface area contributed by atoms with E-state index in [1.165, 1.54) is 4.68 Å². The molecule has 0 aliphatic rings. The number of nitrogens with zero attached hydrogens (tertiary/aromatic N) is 6. The van der Waals surface area contributed by atoms with E-state index >= 15 is 0 Å². The molecule has 0 fully saturated rings. The molecule has 0 saturated carbocycles. The van der Waals surface area contributed by atoms with Gasteiger partial charge in [0.25, 0.3) is 5.91 Å². The zero-order chi connectivity index (χ0) is 19.6. The van der Waals surface area contributed by atoms with Gasteiger partial charge in [-0.05, 0) is 40.9 Å². The maximum Gasteiger partial charge on any atom is 0.293 e. The van der Waals surface area contributed by atoms with Crippen molar-refractivity contribution in [2.75, 3.05) is 5.73 Å². The highest BCUT2D eigenvalue weighted by atomic mass is 79.9. The number of rotatable bonds is 5. The number of amides is 1. The Labute approximate surface area is 162 Å². The highest BCUT2D eigenvalue weighted by Gasteiger charge is 2.25. The largest absolute Gasteiger partial charge is 0.378 e. The van der Waals surface area contributed by atoms with Gasteiger partial charge in [0, 0.05) is 4.47 Å². The van der Waals surface area contributed by atoms with Crippen LogP contribution in [0.3, 0.4) is 0 Å². The number of hydrogen-bond acceptors (Lipinski definition) is 8. The second kappa shape index (κ2) is 7.66. The van der Waals surface area contributed by atoms with E-state index in [0.29, 0.717) is 11.4 Å². The molecule has 27 heavy (non-hydrogen) atoms. The Morgan fingerprint density at radius 1 is 1.37 bits per heavy atom. The van der Waals surface area contributed by atoms with Crippen LogP contribution < -0.4 is 11.2 Å². The third-order valence-corrected chi connectivity index (χ3v) is 4.22. The Kier molecular flexibility index (Phi) is 5.31. The second-order valence-corrected chi connectivity index (χ2v) is 6.93. The lowest BCUT2D eigenvalue weighted by Crippen LogP contribution is -2.22. The van der Waals surface area contributed by atoms with Crippen molar-refractivity contribution < 1.29 is 9.42 Å². The Balaban J connectivity index is 1.88. The van der Waals surface area contributed by atoms with E-state index in [2.05, 4.69) is 51.7 Å². The molecule has 0 radical (unpaired) electrons. The molecule has 0 aliphatic heterocycles. The highest BCUT2D eigenvalue weighted by molar-refractivity contribution is 9.10. The van der Waals surface area contributed by atoms with Crippen molar-refractivity contribution in [3.8, 4) is 5.82 Å². The SMILES string of the molecule is C/C(=N\NC(=O)c1nnn(-c2nonc2N)c1C(C)C)c1cccc(Br)c1. The minimum Gasteiger partial charge on any atom is -0.378 e. The molecule has 2 aromatic heterocycles. The second-order valence-electron chi connectivity index (χ2n) is 6.01. The molecule has 0 spiro atoms. The molecular weight excluding hydrogens is 416 g/mol. The molecule has 0 saturated heterocycles. The number of halogens is 1.